The zero-order valence-electron chi connectivity index (χ0n) is 11.7. The van der Waals surface area contributed by atoms with Gasteiger partial charge in [-0.15, -0.1) is 0 Å². The van der Waals surface area contributed by atoms with Crippen LogP contribution >= 0.6 is 0 Å². The summed E-state index contributed by atoms with van der Waals surface area (Å²) < 4.78 is 13.1. The highest BCUT2D eigenvalue weighted by Crippen LogP contribution is 2.40. The first-order chi connectivity index (χ1) is 9.15. The normalized spacial score (nSPS) is 19.5. The Bertz CT molecular complexity index is 401. The molecule has 1 unspecified atom stereocenters. The number of halogens is 1. The van der Waals surface area contributed by atoms with Crippen LogP contribution in [0.25, 0.3) is 0 Å². The Labute approximate surface area is 115 Å². The minimum atomic E-state index is -0.633. The van der Waals surface area contributed by atoms with Gasteiger partial charge in [0.05, 0.1) is 6.10 Å². The van der Waals surface area contributed by atoms with Gasteiger partial charge in [0.25, 0.3) is 0 Å². The standard InChI is InChI=1S/C16H24FNO/c1-2-16(8-3-4-9-16)12-18-11-15(19)13-6-5-7-14(17)10-13/h5-7,10,15,18-19H,2-4,8-9,11-12H2,1H3. The van der Waals surface area contributed by atoms with Crippen LogP contribution in [0.1, 0.15) is 50.7 Å². The summed E-state index contributed by atoms with van der Waals surface area (Å²) in [5.74, 6) is -0.294. The van der Waals surface area contributed by atoms with E-state index < -0.39 is 6.10 Å². The fourth-order valence-electron chi connectivity index (χ4n) is 3.09. The molecule has 2 rings (SSSR count). The first-order valence-corrected chi connectivity index (χ1v) is 7.29. The van der Waals surface area contributed by atoms with E-state index in [0.29, 0.717) is 17.5 Å². The van der Waals surface area contributed by atoms with Crippen LogP contribution < -0.4 is 5.32 Å². The summed E-state index contributed by atoms with van der Waals surface area (Å²) in [7, 11) is 0. The molecule has 0 amide bonds. The predicted octanol–water partition coefficient (Wildman–Crippen LogP) is 3.42. The smallest absolute Gasteiger partial charge is 0.123 e. The Kier molecular flexibility index (Phi) is 4.94. The molecule has 2 nitrogen and oxygen atoms in total. The second kappa shape index (κ2) is 6.49. The molecule has 1 atom stereocenters. The van der Waals surface area contributed by atoms with Crippen LogP contribution in [0.3, 0.4) is 0 Å². The van der Waals surface area contributed by atoms with Crippen molar-refractivity contribution in [2.75, 3.05) is 13.1 Å². The van der Waals surface area contributed by atoms with Gasteiger partial charge in [0.2, 0.25) is 0 Å². The van der Waals surface area contributed by atoms with Gasteiger partial charge in [0.1, 0.15) is 5.82 Å². The number of benzene rings is 1. The first-order valence-electron chi connectivity index (χ1n) is 7.29. The SMILES string of the molecule is CCC1(CNCC(O)c2cccc(F)c2)CCCC1. The predicted molar refractivity (Wildman–Crippen MR) is 75.4 cm³/mol. The van der Waals surface area contributed by atoms with Gasteiger partial charge in [0.15, 0.2) is 0 Å². The zero-order chi connectivity index (χ0) is 13.7. The van der Waals surface area contributed by atoms with Crippen molar-refractivity contribution in [3.8, 4) is 0 Å². The third kappa shape index (κ3) is 3.77. The van der Waals surface area contributed by atoms with Gasteiger partial charge in [-0.1, -0.05) is 31.9 Å². The van der Waals surface area contributed by atoms with Gasteiger partial charge < -0.3 is 10.4 Å². The number of aliphatic hydroxyl groups is 1. The Morgan fingerprint density at radius 2 is 2.11 bits per heavy atom. The number of hydrogen-bond donors (Lipinski definition) is 2. The quantitative estimate of drug-likeness (QED) is 0.826. The van der Waals surface area contributed by atoms with Gasteiger partial charge in [-0.3, -0.25) is 0 Å². The van der Waals surface area contributed by atoms with E-state index in [-0.39, 0.29) is 5.82 Å². The molecule has 1 aromatic carbocycles. The lowest BCUT2D eigenvalue weighted by atomic mass is 9.83. The number of aliphatic hydroxyl groups excluding tert-OH is 1. The summed E-state index contributed by atoms with van der Waals surface area (Å²) in [4.78, 5) is 0. The fraction of sp³-hybridized carbons (Fsp3) is 0.625. The minimum Gasteiger partial charge on any atom is -0.387 e. The first kappa shape index (κ1) is 14.5. The number of nitrogens with one attached hydrogen (secondary N) is 1. The molecule has 1 saturated carbocycles. The molecule has 0 heterocycles. The van der Waals surface area contributed by atoms with Crippen molar-refractivity contribution >= 4 is 0 Å². The molecule has 0 aliphatic heterocycles. The molecule has 1 aliphatic carbocycles. The van der Waals surface area contributed by atoms with Crippen LogP contribution in [0.15, 0.2) is 24.3 Å². The Hall–Kier alpha value is -0.930. The van der Waals surface area contributed by atoms with Crippen molar-refractivity contribution in [3.63, 3.8) is 0 Å². The van der Waals surface area contributed by atoms with Crippen LogP contribution in [-0.2, 0) is 0 Å². The second-order valence-electron chi connectivity index (χ2n) is 5.76. The average Bonchev–Trinajstić information content (AvgIpc) is 2.88. The maximum absolute atomic E-state index is 13.1. The highest BCUT2D eigenvalue weighted by atomic mass is 19.1. The van der Waals surface area contributed by atoms with E-state index in [2.05, 4.69) is 12.2 Å². The van der Waals surface area contributed by atoms with Crippen molar-refractivity contribution in [2.45, 2.75) is 45.1 Å². The van der Waals surface area contributed by atoms with Gasteiger partial charge in [0, 0.05) is 13.1 Å². The fourth-order valence-corrected chi connectivity index (χ4v) is 3.09. The molecule has 0 aromatic heterocycles. The van der Waals surface area contributed by atoms with Crippen LogP contribution in [-0.4, -0.2) is 18.2 Å². The molecule has 0 saturated heterocycles. The summed E-state index contributed by atoms with van der Waals surface area (Å²) in [6.07, 6.45) is 5.77. The summed E-state index contributed by atoms with van der Waals surface area (Å²) in [6, 6.07) is 6.20. The van der Waals surface area contributed by atoms with E-state index in [0.717, 1.165) is 6.54 Å². The van der Waals surface area contributed by atoms with Crippen molar-refractivity contribution in [2.24, 2.45) is 5.41 Å². The molecule has 1 fully saturated rings. The molecule has 1 aromatic rings. The summed E-state index contributed by atoms with van der Waals surface area (Å²) in [5, 5.41) is 13.4. The van der Waals surface area contributed by atoms with Crippen molar-refractivity contribution < 1.29 is 9.50 Å². The molecular formula is C16H24FNO. The van der Waals surface area contributed by atoms with Crippen LogP contribution in [0.4, 0.5) is 4.39 Å². The third-order valence-corrected chi connectivity index (χ3v) is 4.49. The van der Waals surface area contributed by atoms with Crippen LogP contribution in [0.5, 0.6) is 0 Å². The largest absolute Gasteiger partial charge is 0.387 e. The molecule has 2 N–H and O–H groups in total. The highest BCUT2D eigenvalue weighted by molar-refractivity contribution is 5.18. The molecule has 0 spiro atoms. The Morgan fingerprint density at radius 1 is 1.37 bits per heavy atom. The van der Waals surface area contributed by atoms with Gasteiger partial charge in [-0.25, -0.2) is 4.39 Å². The Morgan fingerprint density at radius 3 is 2.74 bits per heavy atom. The second-order valence-corrected chi connectivity index (χ2v) is 5.76. The van der Waals surface area contributed by atoms with Gasteiger partial charge >= 0.3 is 0 Å². The Balaban J connectivity index is 1.82. The third-order valence-electron chi connectivity index (χ3n) is 4.49. The van der Waals surface area contributed by atoms with E-state index in [4.69, 9.17) is 0 Å². The average molecular weight is 265 g/mol. The lowest BCUT2D eigenvalue weighted by Gasteiger charge is -2.28. The highest BCUT2D eigenvalue weighted by Gasteiger charge is 2.31. The van der Waals surface area contributed by atoms with E-state index >= 15 is 0 Å². The van der Waals surface area contributed by atoms with E-state index in [9.17, 15) is 9.50 Å². The molecule has 0 bridgehead atoms. The van der Waals surface area contributed by atoms with Crippen molar-refractivity contribution in [1.82, 2.24) is 5.32 Å². The lowest BCUT2D eigenvalue weighted by molar-refractivity contribution is 0.163. The maximum Gasteiger partial charge on any atom is 0.123 e. The molecule has 1 aliphatic rings. The van der Waals surface area contributed by atoms with E-state index in [1.807, 2.05) is 0 Å². The maximum atomic E-state index is 13.1. The van der Waals surface area contributed by atoms with Gasteiger partial charge in [-0.2, -0.15) is 0 Å². The van der Waals surface area contributed by atoms with Gasteiger partial charge in [-0.05, 0) is 42.4 Å². The summed E-state index contributed by atoms with van der Waals surface area (Å²) in [6.45, 7) is 3.69. The van der Waals surface area contributed by atoms with Crippen molar-refractivity contribution in [1.29, 1.82) is 0 Å². The lowest BCUT2D eigenvalue weighted by Crippen LogP contribution is -2.34. The monoisotopic (exact) mass is 265 g/mol. The van der Waals surface area contributed by atoms with Crippen LogP contribution in [0.2, 0.25) is 0 Å². The molecular weight excluding hydrogens is 241 g/mol. The number of rotatable bonds is 6. The minimum absolute atomic E-state index is 0.294. The molecule has 106 valence electrons. The zero-order valence-corrected chi connectivity index (χ0v) is 11.7. The molecule has 3 heteroatoms. The van der Waals surface area contributed by atoms with E-state index in [1.165, 1.54) is 44.2 Å². The topological polar surface area (TPSA) is 32.3 Å². The molecule has 19 heavy (non-hydrogen) atoms. The van der Waals surface area contributed by atoms with Crippen molar-refractivity contribution in [3.05, 3.63) is 35.6 Å². The van der Waals surface area contributed by atoms with Crippen LogP contribution in [0, 0.1) is 11.2 Å². The molecule has 0 radical (unpaired) electrons. The summed E-state index contributed by atoms with van der Waals surface area (Å²) in [5.41, 5.74) is 1.06. The summed E-state index contributed by atoms with van der Waals surface area (Å²) >= 11 is 0. The van der Waals surface area contributed by atoms with E-state index in [1.54, 1.807) is 12.1 Å². The number of hydrogen-bond acceptors (Lipinski definition) is 2.